The zero-order chi connectivity index (χ0) is 20.4. The number of alkyl carbamates (subject to hydrolysis) is 1. The zero-order valence-corrected chi connectivity index (χ0v) is 16.4. The minimum absolute atomic E-state index is 0.229. The molecule has 7 heteroatoms. The van der Waals surface area contributed by atoms with Crippen molar-refractivity contribution in [1.29, 1.82) is 0 Å². The van der Waals surface area contributed by atoms with Crippen molar-refractivity contribution in [3.05, 3.63) is 65.7 Å². The monoisotopic (exact) mass is 382 g/mol. The molecule has 2 N–H and O–H groups in total. The van der Waals surface area contributed by atoms with E-state index in [0.29, 0.717) is 6.42 Å². The average molecular weight is 382 g/mol. The summed E-state index contributed by atoms with van der Waals surface area (Å²) in [6.07, 6.45) is 1.25. The molecule has 2 aromatic carbocycles. The second-order valence-corrected chi connectivity index (χ2v) is 6.33. The van der Waals surface area contributed by atoms with Gasteiger partial charge in [-0.15, -0.1) is 0 Å². The molecule has 0 spiro atoms. The Balaban J connectivity index is 2.00. The summed E-state index contributed by atoms with van der Waals surface area (Å²) in [5.41, 5.74) is 5.33. The van der Waals surface area contributed by atoms with Gasteiger partial charge < -0.3 is 15.0 Å². The number of carbonyl (C=O) groups is 2. The van der Waals surface area contributed by atoms with Crippen molar-refractivity contribution in [3.63, 3.8) is 0 Å². The Morgan fingerprint density at radius 2 is 1.79 bits per heavy atom. The molecule has 0 radical (unpaired) electrons. The number of nitrogens with one attached hydrogen (secondary N) is 2. The molecule has 0 saturated heterocycles. The summed E-state index contributed by atoms with van der Waals surface area (Å²) in [7, 11) is 3.93. The third kappa shape index (κ3) is 6.75. The summed E-state index contributed by atoms with van der Waals surface area (Å²) in [5, 5.41) is 6.58. The fourth-order valence-electron chi connectivity index (χ4n) is 2.48. The third-order valence-electron chi connectivity index (χ3n) is 3.96. The number of carbonyl (C=O) groups excluding carboxylic acids is 2. The van der Waals surface area contributed by atoms with E-state index in [-0.39, 0.29) is 6.61 Å². The lowest BCUT2D eigenvalue weighted by atomic mass is 10.1. The molecule has 0 aliphatic rings. The average Bonchev–Trinajstić information content (AvgIpc) is 2.69. The van der Waals surface area contributed by atoms with E-state index in [9.17, 15) is 9.59 Å². The predicted octanol–water partition coefficient (Wildman–Crippen LogP) is 2.56. The molecular formula is C21H26N4O3. The standard InChI is InChI=1S/C21H26N4O3/c1-4-28-21(27)23-19(14-16-8-6-5-7-9-16)20(26)24-22-15-17-10-12-18(13-11-17)25(2)3/h5-13,15,19H,4,14H2,1-3H3,(H,23,27)(H,24,26)/b22-15-/t19-/m1/s1. The van der Waals surface area contributed by atoms with Crippen molar-refractivity contribution >= 4 is 23.9 Å². The van der Waals surface area contributed by atoms with Crippen LogP contribution in [0.4, 0.5) is 10.5 Å². The second-order valence-electron chi connectivity index (χ2n) is 6.33. The van der Waals surface area contributed by atoms with Crippen LogP contribution < -0.4 is 15.6 Å². The minimum Gasteiger partial charge on any atom is -0.450 e. The van der Waals surface area contributed by atoms with E-state index in [1.165, 1.54) is 0 Å². The van der Waals surface area contributed by atoms with Gasteiger partial charge in [-0.25, -0.2) is 10.2 Å². The molecule has 0 bridgehead atoms. The second kappa shape index (κ2) is 10.7. The lowest BCUT2D eigenvalue weighted by Gasteiger charge is -2.16. The Morgan fingerprint density at radius 1 is 1.11 bits per heavy atom. The lowest BCUT2D eigenvalue weighted by Crippen LogP contribution is -2.47. The Morgan fingerprint density at radius 3 is 2.39 bits per heavy atom. The highest BCUT2D eigenvalue weighted by Crippen LogP contribution is 2.11. The molecule has 7 nitrogen and oxygen atoms in total. The number of rotatable bonds is 8. The molecule has 0 aliphatic carbocycles. The molecule has 2 aromatic rings. The first-order valence-electron chi connectivity index (χ1n) is 9.07. The fraction of sp³-hybridized carbons (Fsp3) is 0.286. The SMILES string of the molecule is CCOC(=O)N[C@H](Cc1ccccc1)C(=O)N/N=C\c1ccc(N(C)C)cc1. The first-order chi connectivity index (χ1) is 13.5. The Bertz CT molecular complexity index is 789. The van der Waals surface area contributed by atoms with Gasteiger partial charge in [-0.2, -0.15) is 5.10 Å². The Kier molecular flexibility index (Phi) is 8.02. The highest BCUT2D eigenvalue weighted by molar-refractivity contribution is 5.87. The Hall–Kier alpha value is -3.35. The van der Waals surface area contributed by atoms with Crippen LogP contribution in [0, 0.1) is 0 Å². The molecule has 0 saturated carbocycles. The highest BCUT2D eigenvalue weighted by Gasteiger charge is 2.21. The minimum atomic E-state index is -0.797. The van der Waals surface area contributed by atoms with Gasteiger partial charge in [0.1, 0.15) is 6.04 Å². The van der Waals surface area contributed by atoms with Gasteiger partial charge >= 0.3 is 6.09 Å². The van der Waals surface area contributed by atoms with Gasteiger partial charge in [-0.1, -0.05) is 42.5 Å². The van der Waals surface area contributed by atoms with Gasteiger partial charge in [0.25, 0.3) is 5.91 Å². The smallest absolute Gasteiger partial charge is 0.407 e. The molecule has 0 fully saturated rings. The van der Waals surface area contributed by atoms with Crippen molar-refractivity contribution in [2.24, 2.45) is 5.10 Å². The van der Waals surface area contributed by atoms with Crippen LogP contribution in [0.15, 0.2) is 59.7 Å². The van der Waals surface area contributed by atoms with Crippen LogP contribution in [0.3, 0.4) is 0 Å². The van der Waals surface area contributed by atoms with E-state index in [1.807, 2.05) is 73.6 Å². The Labute approximate surface area is 165 Å². The number of amides is 2. The summed E-state index contributed by atoms with van der Waals surface area (Å²) in [5.74, 6) is -0.418. The fourth-order valence-corrected chi connectivity index (χ4v) is 2.48. The molecule has 0 aliphatic heterocycles. The van der Waals surface area contributed by atoms with Gasteiger partial charge in [-0.3, -0.25) is 4.79 Å². The van der Waals surface area contributed by atoms with Crippen LogP contribution in [0.2, 0.25) is 0 Å². The van der Waals surface area contributed by atoms with Crippen molar-refractivity contribution < 1.29 is 14.3 Å². The van der Waals surface area contributed by atoms with Gasteiger partial charge in [0.2, 0.25) is 0 Å². The van der Waals surface area contributed by atoms with Crippen LogP contribution >= 0.6 is 0 Å². The molecule has 28 heavy (non-hydrogen) atoms. The lowest BCUT2D eigenvalue weighted by molar-refractivity contribution is -0.123. The molecule has 0 heterocycles. The first kappa shape index (κ1) is 21.0. The van der Waals surface area contributed by atoms with Crippen molar-refractivity contribution in [2.75, 3.05) is 25.6 Å². The van der Waals surface area contributed by atoms with Crippen LogP contribution in [-0.4, -0.2) is 45.0 Å². The molecule has 0 unspecified atom stereocenters. The van der Waals surface area contributed by atoms with E-state index in [1.54, 1.807) is 13.1 Å². The molecule has 148 valence electrons. The molecule has 2 amide bonds. The van der Waals surface area contributed by atoms with Crippen LogP contribution in [0.1, 0.15) is 18.1 Å². The van der Waals surface area contributed by atoms with E-state index in [4.69, 9.17) is 4.74 Å². The number of hydrogen-bond donors (Lipinski definition) is 2. The molecule has 0 aromatic heterocycles. The zero-order valence-electron chi connectivity index (χ0n) is 16.4. The van der Waals surface area contributed by atoms with Gasteiger partial charge in [-0.05, 0) is 30.2 Å². The normalized spacial score (nSPS) is 11.7. The maximum Gasteiger partial charge on any atom is 0.407 e. The summed E-state index contributed by atoms with van der Waals surface area (Å²) >= 11 is 0. The number of nitrogens with zero attached hydrogens (tertiary/aromatic N) is 2. The maximum atomic E-state index is 12.5. The number of benzene rings is 2. The van der Waals surface area contributed by atoms with Crippen molar-refractivity contribution in [2.45, 2.75) is 19.4 Å². The van der Waals surface area contributed by atoms with Crippen LogP contribution in [-0.2, 0) is 16.0 Å². The van der Waals surface area contributed by atoms with E-state index < -0.39 is 18.0 Å². The summed E-state index contributed by atoms with van der Waals surface area (Å²) in [6, 6.07) is 16.4. The van der Waals surface area contributed by atoms with E-state index >= 15 is 0 Å². The van der Waals surface area contributed by atoms with Gasteiger partial charge in [0.05, 0.1) is 12.8 Å². The van der Waals surface area contributed by atoms with Crippen molar-refractivity contribution in [1.82, 2.24) is 10.7 Å². The third-order valence-corrected chi connectivity index (χ3v) is 3.96. The topological polar surface area (TPSA) is 83.0 Å². The number of hydrazone groups is 1. The van der Waals surface area contributed by atoms with Gasteiger partial charge in [0.15, 0.2) is 0 Å². The molecular weight excluding hydrogens is 356 g/mol. The van der Waals surface area contributed by atoms with Gasteiger partial charge in [0, 0.05) is 26.2 Å². The number of hydrogen-bond acceptors (Lipinski definition) is 5. The van der Waals surface area contributed by atoms with Crippen LogP contribution in [0.25, 0.3) is 0 Å². The van der Waals surface area contributed by atoms with Crippen LogP contribution in [0.5, 0.6) is 0 Å². The number of anilines is 1. The molecule has 1 atom stereocenters. The summed E-state index contributed by atoms with van der Waals surface area (Å²) in [4.78, 5) is 26.3. The summed E-state index contributed by atoms with van der Waals surface area (Å²) in [6.45, 7) is 1.93. The molecule has 2 rings (SSSR count). The first-order valence-corrected chi connectivity index (χ1v) is 9.07. The predicted molar refractivity (Wildman–Crippen MR) is 111 cm³/mol. The quantitative estimate of drug-likeness (QED) is 0.543. The highest BCUT2D eigenvalue weighted by atomic mass is 16.5. The van der Waals surface area contributed by atoms with E-state index in [2.05, 4.69) is 15.8 Å². The number of ether oxygens (including phenoxy) is 1. The largest absolute Gasteiger partial charge is 0.450 e. The summed E-state index contributed by atoms with van der Waals surface area (Å²) < 4.78 is 4.89. The maximum absolute atomic E-state index is 12.5. The van der Waals surface area contributed by atoms with Crippen molar-refractivity contribution in [3.8, 4) is 0 Å². The van der Waals surface area contributed by atoms with E-state index in [0.717, 1.165) is 16.8 Å².